The lowest BCUT2D eigenvalue weighted by atomic mass is 9.75. The van der Waals surface area contributed by atoms with Gasteiger partial charge in [0.15, 0.2) is 5.78 Å². The predicted molar refractivity (Wildman–Crippen MR) is 64.7 cm³/mol. The molecule has 0 N–H and O–H groups in total. The van der Waals surface area contributed by atoms with Crippen molar-refractivity contribution in [2.24, 2.45) is 22.7 Å². The molecule has 0 amide bonds. The second kappa shape index (κ2) is 3.85. The van der Waals surface area contributed by atoms with Crippen molar-refractivity contribution in [3.8, 4) is 0 Å². The standard InChI is InChI=1S/C14H22O2/c1-13(2,3)10-7-11(14(4,5)6)12(16)9(10)8-15/h10-11H,7H2,1-6H3. The minimum absolute atomic E-state index is 0.0161. The Bertz CT molecular complexity index is 346. The summed E-state index contributed by atoms with van der Waals surface area (Å²) in [6.45, 7) is 12.4. The zero-order valence-electron chi connectivity index (χ0n) is 11.2. The summed E-state index contributed by atoms with van der Waals surface area (Å²) in [5.41, 5.74) is 0.272. The molecule has 0 heterocycles. The van der Waals surface area contributed by atoms with Crippen molar-refractivity contribution in [3.05, 3.63) is 5.57 Å². The van der Waals surface area contributed by atoms with Gasteiger partial charge in [0.1, 0.15) is 5.94 Å². The largest absolute Gasteiger partial charge is 0.293 e. The van der Waals surface area contributed by atoms with Gasteiger partial charge in [-0.1, -0.05) is 41.5 Å². The fourth-order valence-corrected chi connectivity index (χ4v) is 2.47. The molecule has 1 saturated carbocycles. The molecule has 0 saturated heterocycles. The molecule has 0 spiro atoms. The van der Waals surface area contributed by atoms with Gasteiger partial charge in [0.2, 0.25) is 0 Å². The molecule has 1 aliphatic carbocycles. The van der Waals surface area contributed by atoms with Crippen molar-refractivity contribution in [2.45, 2.75) is 48.0 Å². The Morgan fingerprint density at radius 2 is 1.44 bits per heavy atom. The van der Waals surface area contributed by atoms with Crippen molar-refractivity contribution < 1.29 is 9.59 Å². The topological polar surface area (TPSA) is 34.1 Å². The minimum atomic E-state index is -0.0703. The Hall–Kier alpha value is -0.880. The zero-order chi connectivity index (χ0) is 12.7. The van der Waals surface area contributed by atoms with Crippen LogP contribution in [0.3, 0.4) is 0 Å². The number of hydrogen-bond acceptors (Lipinski definition) is 2. The molecule has 1 aliphatic rings. The van der Waals surface area contributed by atoms with Gasteiger partial charge in [0.25, 0.3) is 0 Å². The highest BCUT2D eigenvalue weighted by atomic mass is 16.1. The first-order chi connectivity index (χ1) is 7.09. The average molecular weight is 222 g/mol. The van der Waals surface area contributed by atoms with E-state index >= 15 is 0 Å². The maximum atomic E-state index is 12.1. The molecule has 0 aliphatic heterocycles. The van der Waals surface area contributed by atoms with Crippen LogP contribution in [-0.4, -0.2) is 11.7 Å². The Labute approximate surface area is 98.1 Å². The predicted octanol–water partition coefficient (Wildman–Crippen LogP) is 3.04. The third-order valence-electron chi connectivity index (χ3n) is 3.60. The Balaban J connectivity index is 3.13. The second-order valence-electron chi connectivity index (χ2n) is 6.95. The Kier molecular flexibility index (Phi) is 3.17. The summed E-state index contributed by atoms with van der Waals surface area (Å²) >= 11 is 0. The number of hydrogen-bond donors (Lipinski definition) is 0. The molecule has 2 atom stereocenters. The fraction of sp³-hybridized carbons (Fsp3) is 0.786. The van der Waals surface area contributed by atoms with Gasteiger partial charge in [-0.15, -0.1) is 0 Å². The highest BCUT2D eigenvalue weighted by Gasteiger charge is 2.47. The molecule has 90 valence electrons. The van der Waals surface area contributed by atoms with Crippen LogP contribution in [-0.2, 0) is 9.59 Å². The van der Waals surface area contributed by atoms with Crippen molar-refractivity contribution >= 4 is 11.7 Å². The van der Waals surface area contributed by atoms with E-state index in [1.807, 2.05) is 5.94 Å². The number of carbonyl (C=O) groups excluding carboxylic acids is 2. The normalized spacial score (nSPS) is 27.1. The molecule has 0 radical (unpaired) electrons. The van der Waals surface area contributed by atoms with Gasteiger partial charge in [-0.05, 0) is 17.3 Å². The number of Topliss-reactive ketones (excluding diaryl/α,β-unsaturated/α-hetero) is 1. The third-order valence-corrected chi connectivity index (χ3v) is 3.60. The molecule has 1 fully saturated rings. The van der Waals surface area contributed by atoms with Crippen LogP contribution in [0, 0.1) is 22.7 Å². The molecule has 0 aromatic rings. The van der Waals surface area contributed by atoms with Crippen LogP contribution in [0.2, 0.25) is 0 Å². The second-order valence-corrected chi connectivity index (χ2v) is 6.95. The molecule has 2 nitrogen and oxygen atoms in total. The monoisotopic (exact) mass is 222 g/mol. The lowest BCUT2D eigenvalue weighted by Crippen LogP contribution is -2.24. The van der Waals surface area contributed by atoms with E-state index in [1.165, 1.54) is 0 Å². The third kappa shape index (κ3) is 2.27. The maximum Gasteiger partial charge on any atom is 0.173 e. The SMILES string of the molecule is CC(C)(C)C1CC(C(C)(C)C)C(=C=O)C1=O. The van der Waals surface area contributed by atoms with Crippen molar-refractivity contribution in [1.29, 1.82) is 0 Å². The molecule has 0 aromatic heterocycles. The summed E-state index contributed by atoms with van der Waals surface area (Å²) in [4.78, 5) is 23.1. The Morgan fingerprint density at radius 3 is 1.69 bits per heavy atom. The molecular weight excluding hydrogens is 200 g/mol. The van der Waals surface area contributed by atoms with E-state index in [2.05, 4.69) is 41.5 Å². The van der Waals surface area contributed by atoms with Gasteiger partial charge in [-0.3, -0.25) is 4.79 Å². The summed E-state index contributed by atoms with van der Waals surface area (Å²) in [6, 6.07) is 0. The maximum absolute atomic E-state index is 12.1. The highest BCUT2D eigenvalue weighted by molar-refractivity contribution is 6.06. The lowest BCUT2D eigenvalue weighted by Gasteiger charge is -2.29. The van der Waals surface area contributed by atoms with Crippen LogP contribution in [0.15, 0.2) is 5.57 Å². The first-order valence-electron chi connectivity index (χ1n) is 5.88. The molecular formula is C14H22O2. The summed E-state index contributed by atoms with van der Waals surface area (Å²) in [5, 5.41) is 0. The van der Waals surface area contributed by atoms with Crippen LogP contribution in [0.25, 0.3) is 0 Å². The van der Waals surface area contributed by atoms with Crippen LogP contribution in [0.5, 0.6) is 0 Å². The van der Waals surface area contributed by atoms with Crippen LogP contribution >= 0.6 is 0 Å². The summed E-state index contributed by atoms with van der Waals surface area (Å²) in [5.74, 6) is 1.93. The smallest absolute Gasteiger partial charge is 0.173 e. The number of allylic oxidation sites excluding steroid dienone is 1. The molecule has 2 heteroatoms. The van der Waals surface area contributed by atoms with Gasteiger partial charge < -0.3 is 0 Å². The van der Waals surface area contributed by atoms with Crippen molar-refractivity contribution in [3.63, 3.8) is 0 Å². The van der Waals surface area contributed by atoms with E-state index in [4.69, 9.17) is 0 Å². The zero-order valence-corrected chi connectivity index (χ0v) is 11.2. The number of ketones is 1. The molecule has 1 rings (SSSR count). The van der Waals surface area contributed by atoms with E-state index in [9.17, 15) is 9.59 Å². The van der Waals surface area contributed by atoms with Gasteiger partial charge in [0.05, 0.1) is 5.57 Å². The first kappa shape index (κ1) is 13.2. The lowest BCUT2D eigenvalue weighted by molar-refractivity contribution is -0.120. The van der Waals surface area contributed by atoms with Crippen LogP contribution in [0.1, 0.15) is 48.0 Å². The molecule has 0 aromatic carbocycles. The average Bonchev–Trinajstić information content (AvgIpc) is 2.40. The fourth-order valence-electron chi connectivity index (χ4n) is 2.47. The van der Waals surface area contributed by atoms with Gasteiger partial charge in [-0.25, -0.2) is 4.79 Å². The van der Waals surface area contributed by atoms with E-state index in [0.717, 1.165) is 6.42 Å². The van der Waals surface area contributed by atoms with Gasteiger partial charge >= 0.3 is 0 Å². The quantitative estimate of drug-likeness (QED) is 0.466. The minimum Gasteiger partial charge on any atom is -0.293 e. The first-order valence-corrected chi connectivity index (χ1v) is 5.88. The van der Waals surface area contributed by atoms with Crippen LogP contribution in [0.4, 0.5) is 0 Å². The molecule has 16 heavy (non-hydrogen) atoms. The summed E-state index contributed by atoms with van der Waals surface area (Å²) in [7, 11) is 0. The number of carbonyl (C=O) groups is 1. The van der Waals surface area contributed by atoms with E-state index in [1.54, 1.807) is 0 Å². The van der Waals surface area contributed by atoms with Crippen molar-refractivity contribution in [1.82, 2.24) is 0 Å². The van der Waals surface area contributed by atoms with E-state index in [0.29, 0.717) is 5.57 Å². The van der Waals surface area contributed by atoms with Crippen LogP contribution < -0.4 is 0 Å². The van der Waals surface area contributed by atoms with Gasteiger partial charge in [-0.2, -0.15) is 0 Å². The molecule has 0 bridgehead atoms. The van der Waals surface area contributed by atoms with E-state index in [-0.39, 0.29) is 28.4 Å². The van der Waals surface area contributed by atoms with E-state index < -0.39 is 0 Å². The summed E-state index contributed by atoms with van der Waals surface area (Å²) in [6.07, 6.45) is 0.788. The van der Waals surface area contributed by atoms with Gasteiger partial charge in [0, 0.05) is 11.8 Å². The number of rotatable bonds is 0. The highest BCUT2D eigenvalue weighted by Crippen LogP contribution is 2.48. The molecule has 2 unspecified atom stereocenters. The van der Waals surface area contributed by atoms with Crippen molar-refractivity contribution in [2.75, 3.05) is 0 Å². The Morgan fingerprint density at radius 1 is 1.00 bits per heavy atom. The summed E-state index contributed by atoms with van der Waals surface area (Å²) < 4.78 is 0.